The lowest BCUT2D eigenvalue weighted by atomic mass is 9.84. The molecule has 0 radical (unpaired) electrons. The molecule has 5 heteroatoms. The Morgan fingerprint density at radius 2 is 2.15 bits per heavy atom. The number of hydrogen-bond acceptors (Lipinski definition) is 2. The van der Waals surface area contributed by atoms with Crippen molar-refractivity contribution in [3.05, 3.63) is 29.7 Å². The Balaban J connectivity index is 2.46. The molecule has 0 aliphatic carbocycles. The number of ether oxygens (including phenoxy) is 1. The van der Waals surface area contributed by atoms with E-state index in [-0.39, 0.29) is 17.1 Å². The number of aromatic amines is 1. The van der Waals surface area contributed by atoms with Gasteiger partial charge in [-0.1, -0.05) is 13.8 Å². The van der Waals surface area contributed by atoms with Crippen molar-refractivity contribution in [3.63, 3.8) is 0 Å². The third-order valence-electron chi connectivity index (χ3n) is 3.46. The van der Waals surface area contributed by atoms with Crippen LogP contribution in [0.4, 0.5) is 4.39 Å². The number of aromatic nitrogens is 1. The summed E-state index contributed by atoms with van der Waals surface area (Å²) >= 11 is 0. The van der Waals surface area contributed by atoms with E-state index in [1.165, 1.54) is 20.1 Å². The number of benzene rings is 1. The minimum Gasteiger partial charge on any atom is -0.494 e. The predicted molar refractivity (Wildman–Crippen MR) is 76.5 cm³/mol. The number of carbonyl (C=O) groups excluding carboxylic acids is 1. The van der Waals surface area contributed by atoms with Crippen molar-refractivity contribution < 1.29 is 13.9 Å². The smallest absolute Gasteiger partial charge is 0.216 e. The second-order valence-electron chi connectivity index (χ2n) is 5.53. The predicted octanol–water partition coefficient (Wildman–Crippen LogP) is 2.73. The van der Waals surface area contributed by atoms with Crippen LogP contribution in [-0.4, -0.2) is 24.5 Å². The molecule has 0 atom stereocenters. The molecular weight excluding hydrogens is 259 g/mol. The fourth-order valence-corrected chi connectivity index (χ4v) is 2.28. The third-order valence-corrected chi connectivity index (χ3v) is 3.46. The molecule has 1 heterocycles. The van der Waals surface area contributed by atoms with Gasteiger partial charge in [-0.2, -0.15) is 0 Å². The highest BCUT2D eigenvalue weighted by atomic mass is 19.1. The first-order chi connectivity index (χ1) is 9.35. The van der Waals surface area contributed by atoms with Gasteiger partial charge in [0, 0.05) is 42.0 Å². The molecule has 1 aromatic heterocycles. The Morgan fingerprint density at radius 1 is 1.45 bits per heavy atom. The monoisotopic (exact) mass is 278 g/mol. The van der Waals surface area contributed by atoms with E-state index in [1.54, 1.807) is 6.07 Å². The fraction of sp³-hybridized carbons (Fsp3) is 0.400. The van der Waals surface area contributed by atoms with E-state index < -0.39 is 5.82 Å². The summed E-state index contributed by atoms with van der Waals surface area (Å²) in [5.74, 6) is -0.247. The quantitative estimate of drug-likeness (QED) is 0.903. The molecule has 2 aromatic rings. The Morgan fingerprint density at radius 3 is 2.75 bits per heavy atom. The number of carbonyl (C=O) groups is 1. The maximum Gasteiger partial charge on any atom is 0.216 e. The summed E-state index contributed by atoms with van der Waals surface area (Å²) < 4.78 is 18.7. The Bertz CT molecular complexity index is 647. The van der Waals surface area contributed by atoms with E-state index in [1.807, 2.05) is 20.0 Å². The zero-order chi connectivity index (χ0) is 14.9. The first-order valence-corrected chi connectivity index (χ1v) is 6.44. The van der Waals surface area contributed by atoms with E-state index in [0.29, 0.717) is 12.1 Å². The van der Waals surface area contributed by atoms with E-state index in [0.717, 1.165) is 10.9 Å². The molecule has 0 aliphatic rings. The lowest BCUT2D eigenvalue weighted by Gasteiger charge is -2.24. The van der Waals surface area contributed by atoms with Crippen LogP contribution in [0.25, 0.3) is 10.9 Å². The fourth-order valence-electron chi connectivity index (χ4n) is 2.28. The van der Waals surface area contributed by atoms with Crippen LogP contribution in [0.3, 0.4) is 0 Å². The van der Waals surface area contributed by atoms with Gasteiger partial charge in [-0.3, -0.25) is 4.79 Å². The number of amides is 1. The standard InChI is InChI=1S/C15H19FN2O2/c1-9(19)18-8-15(2,3)11-7-17-13-6-12(16)14(20-4)5-10(11)13/h5-7,17H,8H2,1-4H3,(H,18,19). The van der Waals surface area contributed by atoms with Gasteiger partial charge in [0.1, 0.15) is 0 Å². The van der Waals surface area contributed by atoms with Gasteiger partial charge in [0.25, 0.3) is 0 Å². The molecule has 2 rings (SSSR count). The largest absolute Gasteiger partial charge is 0.494 e. The first-order valence-electron chi connectivity index (χ1n) is 6.44. The summed E-state index contributed by atoms with van der Waals surface area (Å²) in [6.45, 7) is 6.06. The van der Waals surface area contributed by atoms with Crippen molar-refractivity contribution in [2.24, 2.45) is 0 Å². The van der Waals surface area contributed by atoms with Crippen LogP contribution in [-0.2, 0) is 10.2 Å². The molecule has 2 N–H and O–H groups in total. The molecule has 1 aromatic carbocycles. The van der Waals surface area contributed by atoms with Gasteiger partial charge < -0.3 is 15.0 Å². The molecule has 108 valence electrons. The van der Waals surface area contributed by atoms with Crippen molar-refractivity contribution >= 4 is 16.8 Å². The Labute approximate surface area is 117 Å². The van der Waals surface area contributed by atoms with E-state index in [2.05, 4.69) is 10.3 Å². The zero-order valence-electron chi connectivity index (χ0n) is 12.1. The average Bonchev–Trinajstić information content (AvgIpc) is 2.78. The molecule has 0 spiro atoms. The molecule has 0 unspecified atom stereocenters. The van der Waals surface area contributed by atoms with Gasteiger partial charge in [-0.15, -0.1) is 0 Å². The van der Waals surface area contributed by atoms with E-state index >= 15 is 0 Å². The molecule has 0 saturated heterocycles. The van der Waals surface area contributed by atoms with Gasteiger partial charge >= 0.3 is 0 Å². The average molecular weight is 278 g/mol. The first kappa shape index (κ1) is 14.4. The number of rotatable bonds is 4. The zero-order valence-corrected chi connectivity index (χ0v) is 12.1. The van der Waals surface area contributed by atoms with Crippen LogP contribution in [0.1, 0.15) is 26.3 Å². The van der Waals surface area contributed by atoms with E-state index in [4.69, 9.17) is 4.74 Å². The second kappa shape index (κ2) is 5.15. The Hall–Kier alpha value is -2.04. The molecule has 4 nitrogen and oxygen atoms in total. The van der Waals surface area contributed by atoms with Crippen LogP contribution in [0.5, 0.6) is 5.75 Å². The molecule has 0 aliphatic heterocycles. The van der Waals surface area contributed by atoms with Gasteiger partial charge in [0.2, 0.25) is 5.91 Å². The summed E-state index contributed by atoms with van der Waals surface area (Å²) in [6.07, 6.45) is 1.85. The molecular formula is C15H19FN2O2. The van der Waals surface area contributed by atoms with Crippen LogP contribution in [0.2, 0.25) is 0 Å². The number of halogens is 1. The Kier molecular flexibility index (Phi) is 3.70. The normalized spacial score (nSPS) is 11.7. The van der Waals surface area contributed by atoms with Crippen molar-refractivity contribution in [1.29, 1.82) is 0 Å². The lowest BCUT2D eigenvalue weighted by molar-refractivity contribution is -0.119. The van der Waals surface area contributed by atoms with Crippen molar-refractivity contribution in [2.45, 2.75) is 26.2 Å². The maximum atomic E-state index is 13.7. The topological polar surface area (TPSA) is 54.1 Å². The van der Waals surface area contributed by atoms with Crippen LogP contribution >= 0.6 is 0 Å². The number of methoxy groups -OCH3 is 1. The lowest BCUT2D eigenvalue weighted by Crippen LogP contribution is -2.35. The van der Waals surface area contributed by atoms with Crippen LogP contribution < -0.4 is 10.1 Å². The number of hydrogen-bond donors (Lipinski definition) is 2. The van der Waals surface area contributed by atoms with Crippen LogP contribution in [0, 0.1) is 5.82 Å². The summed E-state index contributed by atoms with van der Waals surface area (Å²) in [7, 11) is 1.44. The summed E-state index contributed by atoms with van der Waals surface area (Å²) in [5, 5.41) is 3.72. The number of H-pyrrole nitrogens is 1. The van der Waals surface area contributed by atoms with Gasteiger partial charge in [0.05, 0.1) is 7.11 Å². The minimum absolute atomic E-state index is 0.0680. The van der Waals surface area contributed by atoms with E-state index in [9.17, 15) is 9.18 Å². The van der Waals surface area contributed by atoms with Crippen molar-refractivity contribution in [2.75, 3.05) is 13.7 Å². The SMILES string of the molecule is COc1cc2c(C(C)(C)CNC(C)=O)c[nH]c2cc1F. The highest BCUT2D eigenvalue weighted by molar-refractivity contribution is 5.86. The molecule has 0 fully saturated rings. The summed E-state index contributed by atoms with van der Waals surface area (Å²) in [5.41, 5.74) is 1.46. The third kappa shape index (κ3) is 2.61. The molecule has 0 saturated carbocycles. The number of nitrogens with one attached hydrogen (secondary N) is 2. The highest BCUT2D eigenvalue weighted by Crippen LogP contribution is 2.33. The highest BCUT2D eigenvalue weighted by Gasteiger charge is 2.25. The number of fused-ring (bicyclic) bond motifs is 1. The second-order valence-corrected chi connectivity index (χ2v) is 5.53. The van der Waals surface area contributed by atoms with Gasteiger partial charge in [-0.05, 0) is 11.6 Å². The summed E-state index contributed by atoms with van der Waals surface area (Å²) in [6, 6.07) is 3.11. The molecule has 20 heavy (non-hydrogen) atoms. The molecule has 0 bridgehead atoms. The van der Waals surface area contributed by atoms with Crippen molar-refractivity contribution in [1.82, 2.24) is 10.3 Å². The summed E-state index contributed by atoms with van der Waals surface area (Å²) in [4.78, 5) is 14.1. The van der Waals surface area contributed by atoms with Gasteiger partial charge in [-0.25, -0.2) is 4.39 Å². The minimum atomic E-state index is -0.395. The maximum absolute atomic E-state index is 13.7. The van der Waals surface area contributed by atoms with Crippen molar-refractivity contribution in [3.8, 4) is 5.75 Å². The molecule has 1 amide bonds. The van der Waals surface area contributed by atoms with Gasteiger partial charge in [0.15, 0.2) is 11.6 Å². The van der Waals surface area contributed by atoms with Crippen LogP contribution in [0.15, 0.2) is 18.3 Å².